The van der Waals surface area contributed by atoms with Gasteiger partial charge >= 0.3 is 0 Å². The minimum Gasteiger partial charge on any atom is -0.344 e. The van der Waals surface area contributed by atoms with Crippen LogP contribution in [-0.2, 0) is 12.5 Å². The smallest absolute Gasteiger partial charge is 0.0500 e. The Morgan fingerprint density at radius 2 is 1.52 bits per heavy atom. The maximum absolute atomic E-state index is 2.57. The molecule has 4 aromatic carbocycles. The fourth-order valence-corrected chi connectivity index (χ4v) is 8.97. The lowest BCUT2D eigenvalue weighted by Crippen LogP contribution is -2.24. The zero-order valence-corrected chi connectivity index (χ0v) is 31.4. The van der Waals surface area contributed by atoms with Crippen LogP contribution in [0.1, 0.15) is 125 Å². The minimum absolute atomic E-state index is 0.0465. The van der Waals surface area contributed by atoms with Crippen molar-refractivity contribution in [2.75, 3.05) is 0 Å². The van der Waals surface area contributed by atoms with Crippen LogP contribution in [-0.4, -0.2) is 4.57 Å². The molecule has 1 fully saturated rings. The highest BCUT2D eigenvalue weighted by Gasteiger charge is 2.33. The zero-order chi connectivity index (χ0) is 34.0. The van der Waals surface area contributed by atoms with Crippen molar-refractivity contribution < 1.29 is 0 Å². The van der Waals surface area contributed by atoms with E-state index in [0.717, 1.165) is 5.92 Å². The summed E-state index contributed by atoms with van der Waals surface area (Å²) in [4.78, 5) is 2.79. The molecule has 0 amide bonds. The first-order valence-electron chi connectivity index (χ1n) is 18.3. The van der Waals surface area contributed by atoms with Gasteiger partial charge in [0.05, 0.1) is 0 Å². The summed E-state index contributed by atoms with van der Waals surface area (Å²) in [5.41, 5.74) is 12.9. The number of rotatable bonds is 8. The van der Waals surface area contributed by atoms with Gasteiger partial charge in [-0.3, -0.25) is 0 Å². The van der Waals surface area contributed by atoms with Gasteiger partial charge in [0.25, 0.3) is 0 Å². The van der Waals surface area contributed by atoms with Crippen molar-refractivity contribution in [3.8, 4) is 0 Å². The van der Waals surface area contributed by atoms with Crippen LogP contribution in [0.15, 0.2) is 106 Å². The van der Waals surface area contributed by atoms with Gasteiger partial charge in [0.2, 0.25) is 0 Å². The third kappa shape index (κ3) is 6.84. The van der Waals surface area contributed by atoms with E-state index in [9.17, 15) is 0 Å². The van der Waals surface area contributed by atoms with Crippen LogP contribution in [0.25, 0.3) is 21.8 Å². The largest absolute Gasteiger partial charge is 0.344 e. The lowest BCUT2D eigenvalue weighted by molar-refractivity contribution is 0.413. The van der Waals surface area contributed by atoms with Crippen molar-refractivity contribution in [3.63, 3.8) is 0 Å². The van der Waals surface area contributed by atoms with Gasteiger partial charge in [0, 0.05) is 44.1 Å². The summed E-state index contributed by atoms with van der Waals surface area (Å²) in [6.45, 7) is 16.2. The molecule has 1 unspecified atom stereocenters. The Morgan fingerprint density at radius 1 is 0.833 bits per heavy atom. The van der Waals surface area contributed by atoms with E-state index in [1.165, 1.54) is 110 Å². The Bertz CT molecular complexity index is 1960. The molecule has 2 aliphatic rings. The van der Waals surface area contributed by atoms with E-state index in [0.29, 0.717) is 5.92 Å². The summed E-state index contributed by atoms with van der Waals surface area (Å²) < 4.78 is 2.44. The van der Waals surface area contributed by atoms with Crippen LogP contribution in [0.3, 0.4) is 0 Å². The number of aromatic nitrogens is 1. The van der Waals surface area contributed by atoms with Crippen LogP contribution in [0, 0.1) is 13.8 Å². The van der Waals surface area contributed by atoms with Crippen molar-refractivity contribution in [2.24, 2.45) is 7.05 Å². The third-order valence-corrected chi connectivity index (χ3v) is 12.6. The average molecular weight is 654 g/mol. The molecule has 1 atom stereocenters. The average Bonchev–Trinajstić information content (AvgIpc) is 3.31. The van der Waals surface area contributed by atoms with Crippen molar-refractivity contribution in [1.82, 2.24) is 4.57 Å². The lowest BCUT2D eigenvalue weighted by Gasteiger charge is -2.35. The van der Waals surface area contributed by atoms with Crippen LogP contribution >= 0.6 is 11.8 Å². The summed E-state index contributed by atoms with van der Waals surface area (Å²) in [7, 11) is 2.26. The SMILES string of the molecule is CC1=C(Sc2cc3c(cc2C)c2cc(C4CCC4)c(C(C)(C)c4ccccc4C)cc2n3C)C=CCC1.CCCC(C)c1ccccc1. The van der Waals surface area contributed by atoms with Crippen LogP contribution in [0.5, 0.6) is 0 Å². The molecule has 1 heterocycles. The first-order valence-corrected chi connectivity index (χ1v) is 19.1. The highest BCUT2D eigenvalue weighted by atomic mass is 32.2. The molecule has 0 radical (unpaired) electrons. The van der Waals surface area contributed by atoms with Crippen LogP contribution in [0.4, 0.5) is 0 Å². The summed E-state index contributed by atoms with van der Waals surface area (Å²) in [5, 5.41) is 2.81. The maximum Gasteiger partial charge on any atom is 0.0500 e. The van der Waals surface area contributed by atoms with Gasteiger partial charge in [0.1, 0.15) is 0 Å². The number of aryl methyl sites for hydroxylation is 3. The van der Waals surface area contributed by atoms with E-state index < -0.39 is 0 Å². The van der Waals surface area contributed by atoms with Crippen LogP contribution in [0.2, 0.25) is 0 Å². The molecule has 5 aromatic rings. The fraction of sp³-hybridized carbons (Fsp3) is 0.391. The highest BCUT2D eigenvalue weighted by Crippen LogP contribution is 2.47. The first-order chi connectivity index (χ1) is 23.1. The Balaban J connectivity index is 0.000000312. The molecule has 1 aromatic heterocycles. The molecule has 0 saturated heterocycles. The minimum atomic E-state index is -0.0465. The van der Waals surface area contributed by atoms with Crippen molar-refractivity contribution >= 4 is 33.6 Å². The lowest BCUT2D eigenvalue weighted by atomic mass is 9.69. The maximum atomic E-state index is 2.57. The summed E-state index contributed by atoms with van der Waals surface area (Å²) in [6, 6.07) is 29.6. The molecule has 250 valence electrons. The van der Waals surface area contributed by atoms with Crippen molar-refractivity contribution in [1.29, 1.82) is 0 Å². The number of benzene rings is 4. The second-order valence-electron chi connectivity index (χ2n) is 15.0. The number of hydrogen-bond donors (Lipinski definition) is 0. The quantitative estimate of drug-likeness (QED) is 0.161. The van der Waals surface area contributed by atoms with Crippen LogP contribution < -0.4 is 0 Å². The van der Waals surface area contributed by atoms with Gasteiger partial charge < -0.3 is 4.57 Å². The molecule has 48 heavy (non-hydrogen) atoms. The predicted molar refractivity (Wildman–Crippen MR) is 212 cm³/mol. The first kappa shape index (κ1) is 34.4. The van der Waals surface area contributed by atoms with E-state index in [4.69, 9.17) is 0 Å². The molecule has 0 bridgehead atoms. The number of fused-ring (bicyclic) bond motifs is 3. The standard InChI is InChI=1S/C35H39NS.C11H16/c1-22-12-7-9-16-29(22)35(4,5)30-20-31-28(19-26(30)25-14-11-15-25)27-18-24(3)34(21-32(27)36(31)6)37-33-17-10-8-13-23(33)2;1-3-7-10(2)11-8-5-4-6-9-11/h7,9-10,12,16-21,25H,8,11,13-15H2,1-6H3;4-6,8-10H,3,7H2,1-2H3. The molecule has 2 heteroatoms. The van der Waals surface area contributed by atoms with Crippen molar-refractivity contribution in [3.05, 3.63) is 135 Å². The summed E-state index contributed by atoms with van der Waals surface area (Å²) >= 11 is 1.94. The molecule has 0 aliphatic heterocycles. The third-order valence-electron chi connectivity index (χ3n) is 11.2. The number of hydrogen-bond acceptors (Lipinski definition) is 1. The van der Waals surface area contributed by atoms with E-state index in [1.54, 1.807) is 5.56 Å². The second kappa shape index (κ2) is 14.6. The molecule has 7 rings (SSSR count). The zero-order valence-electron chi connectivity index (χ0n) is 30.6. The van der Waals surface area contributed by atoms with E-state index in [-0.39, 0.29) is 5.41 Å². The number of allylic oxidation sites excluding steroid dienone is 3. The molecule has 2 aliphatic carbocycles. The van der Waals surface area contributed by atoms with Gasteiger partial charge in [0.15, 0.2) is 0 Å². The monoisotopic (exact) mass is 653 g/mol. The topological polar surface area (TPSA) is 4.93 Å². The summed E-state index contributed by atoms with van der Waals surface area (Å²) in [6.07, 6.45) is 13.5. The number of thioether (sulfide) groups is 1. The molecule has 1 saturated carbocycles. The van der Waals surface area contributed by atoms with Gasteiger partial charge in [-0.05, 0) is 122 Å². The van der Waals surface area contributed by atoms with E-state index in [1.807, 2.05) is 11.8 Å². The van der Waals surface area contributed by atoms with Gasteiger partial charge in [-0.15, -0.1) is 0 Å². The molecular weight excluding hydrogens is 599 g/mol. The Kier molecular flexibility index (Phi) is 10.4. The summed E-state index contributed by atoms with van der Waals surface area (Å²) in [5.74, 6) is 1.41. The predicted octanol–water partition coefficient (Wildman–Crippen LogP) is 13.8. The molecular formula is C46H55NS. The van der Waals surface area contributed by atoms with E-state index in [2.05, 4.69) is 151 Å². The highest BCUT2D eigenvalue weighted by molar-refractivity contribution is 8.03. The molecule has 0 spiro atoms. The van der Waals surface area contributed by atoms with Gasteiger partial charge in [-0.25, -0.2) is 0 Å². The van der Waals surface area contributed by atoms with Crippen molar-refractivity contribution in [2.45, 2.75) is 116 Å². The number of nitrogens with zero attached hydrogens (tertiary/aromatic N) is 1. The molecule has 1 nitrogen and oxygen atoms in total. The Labute approximate surface area is 294 Å². The second-order valence-corrected chi connectivity index (χ2v) is 16.1. The Morgan fingerprint density at radius 3 is 2.19 bits per heavy atom. The van der Waals surface area contributed by atoms with Gasteiger partial charge in [-0.1, -0.05) is 125 Å². The van der Waals surface area contributed by atoms with Gasteiger partial charge in [-0.2, -0.15) is 0 Å². The Hall–Kier alpha value is -3.49. The van der Waals surface area contributed by atoms with E-state index >= 15 is 0 Å². The molecule has 0 N–H and O–H groups in total. The normalized spacial score (nSPS) is 15.8. The fourth-order valence-electron chi connectivity index (χ4n) is 7.90.